The summed E-state index contributed by atoms with van der Waals surface area (Å²) < 4.78 is 5.13. The number of nitriles is 1. The molecule has 0 spiro atoms. The van der Waals surface area contributed by atoms with Crippen molar-refractivity contribution in [3.63, 3.8) is 0 Å². The van der Waals surface area contributed by atoms with Gasteiger partial charge in [0.15, 0.2) is 0 Å². The summed E-state index contributed by atoms with van der Waals surface area (Å²) in [4.78, 5) is 12.2. The SMILES string of the molecule is COc1ccccc1C(=O)N[C@@H](C#N)c1ccsc1. The van der Waals surface area contributed by atoms with Gasteiger partial charge in [0.2, 0.25) is 0 Å². The number of amides is 1. The van der Waals surface area contributed by atoms with Gasteiger partial charge in [0.1, 0.15) is 11.8 Å². The number of methoxy groups -OCH3 is 1. The minimum absolute atomic E-state index is 0.324. The van der Waals surface area contributed by atoms with E-state index in [2.05, 4.69) is 11.4 Å². The van der Waals surface area contributed by atoms with Crippen molar-refractivity contribution in [1.29, 1.82) is 5.26 Å². The Kier molecular flexibility index (Phi) is 4.16. The van der Waals surface area contributed by atoms with Gasteiger partial charge >= 0.3 is 0 Å². The van der Waals surface area contributed by atoms with Gasteiger partial charge in [-0.1, -0.05) is 12.1 Å². The number of hydrogen-bond acceptors (Lipinski definition) is 4. The van der Waals surface area contributed by atoms with Crippen LogP contribution in [-0.2, 0) is 0 Å². The first kappa shape index (κ1) is 13.1. The maximum Gasteiger partial charge on any atom is 0.256 e. The van der Waals surface area contributed by atoms with Crippen LogP contribution in [-0.4, -0.2) is 13.0 Å². The zero-order valence-electron chi connectivity index (χ0n) is 10.3. The second-order valence-electron chi connectivity index (χ2n) is 3.79. The number of nitrogens with zero attached hydrogens (tertiary/aromatic N) is 1. The van der Waals surface area contributed by atoms with Crippen LogP contribution in [0.3, 0.4) is 0 Å². The van der Waals surface area contributed by atoms with Crippen molar-refractivity contribution >= 4 is 17.2 Å². The Morgan fingerprint density at radius 1 is 1.42 bits per heavy atom. The summed E-state index contributed by atoms with van der Waals surface area (Å²) in [5.41, 5.74) is 1.20. The monoisotopic (exact) mass is 272 g/mol. The molecule has 1 N–H and O–H groups in total. The molecule has 0 bridgehead atoms. The van der Waals surface area contributed by atoms with Crippen LogP contribution >= 0.6 is 11.3 Å². The summed E-state index contributed by atoms with van der Waals surface area (Å²) in [6.45, 7) is 0. The maximum absolute atomic E-state index is 12.2. The van der Waals surface area contributed by atoms with Gasteiger partial charge in [-0.25, -0.2) is 0 Å². The minimum atomic E-state index is -0.649. The molecule has 5 heteroatoms. The lowest BCUT2D eigenvalue weighted by Gasteiger charge is -2.12. The highest BCUT2D eigenvalue weighted by atomic mass is 32.1. The van der Waals surface area contributed by atoms with E-state index in [9.17, 15) is 4.79 Å². The molecule has 0 aliphatic carbocycles. The number of para-hydroxylation sites is 1. The maximum atomic E-state index is 12.2. The van der Waals surface area contributed by atoms with Crippen LogP contribution in [0, 0.1) is 11.3 Å². The zero-order chi connectivity index (χ0) is 13.7. The third-order valence-corrected chi connectivity index (χ3v) is 3.33. The van der Waals surface area contributed by atoms with Crippen LogP contribution in [0.4, 0.5) is 0 Å². The van der Waals surface area contributed by atoms with E-state index in [0.717, 1.165) is 5.56 Å². The number of thiophene rings is 1. The largest absolute Gasteiger partial charge is 0.496 e. The molecule has 0 saturated carbocycles. The van der Waals surface area contributed by atoms with E-state index in [-0.39, 0.29) is 5.91 Å². The van der Waals surface area contributed by atoms with Crippen molar-refractivity contribution in [2.75, 3.05) is 7.11 Å². The molecule has 1 heterocycles. The van der Waals surface area contributed by atoms with Gasteiger partial charge in [0.25, 0.3) is 5.91 Å². The van der Waals surface area contributed by atoms with Crippen LogP contribution in [0.1, 0.15) is 22.0 Å². The summed E-state index contributed by atoms with van der Waals surface area (Å²) in [5, 5.41) is 15.5. The normalized spacial score (nSPS) is 11.4. The third kappa shape index (κ3) is 2.92. The van der Waals surface area contributed by atoms with Crippen LogP contribution in [0.2, 0.25) is 0 Å². The smallest absolute Gasteiger partial charge is 0.256 e. The Balaban J connectivity index is 2.19. The van der Waals surface area contributed by atoms with Gasteiger partial charge in [0, 0.05) is 0 Å². The van der Waals surface area contributed by atoms with Crippen molar-refractivity contribution in [3.05, 3.63) is 52.2 Å². The number of nitrogens with one attached hydrogen (secondary N) is 1. The lowest BCUT2D eigenvalue weighted by atomic mass is 10.1. The van der Waals surface area contributed by atoms with Crippen LogP contribution in [0.5, 0.6) is 5.75 Å². The summed E-state index contributed by atoms with van der Waals surface area (Å²) in [6, 6.07) is 10.2. The third-order valence-electron chi connectivity index (χ3n) is 2.63. The first-order valence-corrected chi connectivity index (χ1v) is 6.56. The molecule has 0 radical (unpaired) electrons. The molecule has 96 valence electrons. The van der Waals surface area contributed by atoms with Crippen LogP contribution in [0.15, 0.2) is 41.1 Å². The van der Waals surface area contributed by atoms with E-state index < -0.39 is 6.04 Å². The van der Waals surface area contributed by atoms with Gasteiger partial charge in [0.05, 0.1) is 18.7 Å². The van der Waals surface area contributed by atoms with Gasteiger partial charge in [-0.2, -0.15) is 16.6 Å². The average molecular weight is 272 g/mol. The van der Waals surface area contributed by atoms with Gasteiger partial charge in [-0.05, 0) is 34.5 Å². The summed E-state index contributed by atoms with van der Waals surface area (Å²) in [7, 11) is 1.51. The van der Waals surface area contributed by atoms with Crippen molar-refractivity contribution in [1.82, 2.24) is 5.32 Å². The highest BCUT2D eigenvalue weighted by molar-refractivity contribution is 7.08. The Morgan fingerprint density at radius 3 is 2.84 bits per heavy atom. The fraction of sp³-hybridized carbons (Fsp3) is 0.143. The van der Waals surface area contributed by atoms with Gasteiger partial charge < -0.3 is 10.1 Å². The molecule has 1 atom stereocenters. The number of ether oxygens (including phenoxy) is 1. The van der Waals surface area contributed by atoms with Crippen molar-refractivity contribution in [2.45, 2.75) is 6.04 Å². The van der Waals surface area contributed by atoms with E-state index in [1.165, 1.54) is 18.4 Å². The van der Waals surface area contributed by atoms with E-state index in [4.69, 9.17) is 10.00 Å². The fourth-order valence-electron chi connectivity index (χ4n) is 1.67. The second-order valence-corrected chi connectivity index (χ2v) is 4.57. The number of carbonyl (C=O) groups is 1. The molecule has 0 aliphatic heterocycles. The molecule has 0 fully saturated rings. The fourth-order valence-corrected chi connectivity index (χ4v) is 2.36. The summed E-state index contributed by atoms with van der Waals surface area (Å²) >= 11 is 1.49. The van der Waals surface area contributed by atoms with Crippen molar-refractivity contribution < 1.29 is 9.53 Å². The number of carbonyl (C=O) groups excluding carboxylic acids is 1. The molecule has 19 heavy (non-hydrogen) atoms. The van der Waals surface area contributed by atoms with Gasteiger partial charge in [-0.15, -0.1) is 0 Å². The Hall–Kier alpha value is -2.32. The Bertz CT molecular complexity index is 602. The van der Waals surface area contributed by atoms with E-state index in [0.29, 0.717) is 11.3 Å². The highest BCUT2D eigenvalue weighted by Crippen LogP contribution is 2.20. The lowest BCUT2D eigenvalue weighted by molar-refractivity contribution is 0.0942. The minimum Gasteiger partial charge on any atom is -0.496 e. The topological polar surface area (TPSA) is 62.1 Å². The Morgan fingerprint density at radius 2 is 2.21 bits per heavy atom. The molecule has 1 aromatic heterocycles. The number of benzene rings is 1. The number of hydrogen-bond donors (Lipinski definition) is 1. The molecule has 4 nitrogen and oxygen atoms in total. The quantitative estimate of drug-likeness (QED) is 0.930. The highest BCUT2D eigenvalue weighted by Gasteiger charge is 2.17. The molecule has 1 aromatic carbocycles. The standard InChI is InChI=1S/C14H12N2O2S/c1-18-13-5-3-2-4-11(13)14(17)16-12(8-15)10-6-7-19-9-10/h2-7,9,12H,1H3,(H,16,17)/t12-/m0/s1. The summed E-state index contributed by atoms with van der Waals surface area (Å²) in [6.07, 6.45) is 0. The molecule has 0 unspecified atom stereocenters. The second kappa shape index (κ2) is 6.03. The van der Waals surface area contributed by atoms with E-state index in [1.807, 2.05) is 16.8 Å². The van der Waals surface area contributed by atoms with Crippen LogP contribution in [0.25, 0.3) is 0 Å². The molecule has 2 aromatic rings. The summed E-state index contributed by atoms with van der Waals surface area (Å²) in [5.74, 6) is 0.164. The molecule has 0 aliphatic rings. The van der Waals surface area contributed by atoms with Gasteiger partial charge in [-0.3, -0.25) is 4.79 Å². The molecular formula is C14H12N2O2S. The van der Waals surface area contributed by atoms with E-state index >= 15 is 0 Å². The van der Waals surface area contributed by atoms with Crippen LogP contribution < -0.4 is 10.1 Å². The average Bonchev–Trinajstić information content (AvgIpc) is 2.98. The molecule has 1 amide bonds. The molecule has 2 rings (SSSR count). The molecule has 0 saturated heterocycles. The number of rotatable bonds is 4. The first-order valence-electron chi connectivity index (χ1n) is 5.62. The van der Waals surface area contributed by atoms with E-state index in [1.54, 1.807) is 24.3 Å². The van der Waals surface area contributed by atoms with Crippen molar-refractivity contribution in [2.24, 2.45) is 0 Å². The Labute approximate surface area is 115 Å². The lowest BCUT2D eigenvalue weighted by Crippen LogP contribution is -2.27. The van der Waals surface area contributed by atoms with Crippen molar-refractivity contribution in [3.8, 4) is 11.8 Å². The predicted octanol–water partition coefficient (Wildman–Crippen LogP) is 2.75. The first-order chi connectivity index (χ1) is 9.26. The zero-order valence-corrected chi connectivity index (χ0v) is 11.1. The molecular weight excluding hydrogens is 260 g/mol. The predicted molar refractivity (Wildman–Crippen MR) is 73.1 cm³/mol.